The summed E-state index contributed by atoms with van der Waals surface area (Å²) in [6.07, 6.45) is 4.90. The molecule has 2 aliphatic rings. The predicted octanol–water partition coefficient (Wildman–Crippen LogP) is 2.63. The molecule has 0 aromatic rings. The summed E-state index contributed by atoms with van der Waals surface area (Å²) in [6.45, 7) is 7.57. The lowest BCUT2D eigenvalue weighted by molar-refractivity contribution is -0.00138. The summed E-state index contributed by atoms with van der Waals surface area (Å²) in [7, 11) is 0. The van der Waals surface area contributed by atoms with Crippen molar-refractivity contribution in [2.24, 2.45) is 17.8 Å². The first-order chi connectivity index (χ1) is 14.3. The fraction of sp³-hybridized carbons (Fsp3) is 0.864. The molecule has 0 radical (unpaired) electrons. The molecule has 1 N–H and O–H groups in total. The molecule has 0 saturated heterocycles. The van der Waals surface area contributed by atoms with Crippen molar-refractivity contribution in [1.29, 1.82) is 0 Å². The van der Waals surface area contributed by atoms with Gasteiger partial charge in [0.1, 0.15) is 0 Å². The van der Waals surface area contributed by atoms with E-state index in [2.05, 4.69) is 24.1 Å². The number of hydrogen-bond acceptors (Lipinski definition) is 6. The van der Waals surface area contributed by atoms with Crippen LogP contribution >= 0.6 is 0 Å². The summed E-state index contributed by atoms with van der Waals surface area (Å²) in [5.74, 6) is 8.30. The van der Waals surface area contributed by atoms with Gasteiger partial charge >= 0.3 is 6.09 Å². The third-order valence-corrected chi connectivity index (χ3v) is 5.23. The van der Waals surface area contributed by atoms with E-state index >= 15 is 0 Å². The SMILES string of the molecule is CCCOCCOCCOCCOCCNC(=O)OCC1[C@H]2CCC#CCC[C@@H]12. The van der Waals surface area contributed by atoms with Gasteiger partial charge in [-0.25, -0.2) is 4.79 Å². The van der Waals surface area contributed by atoms with Crippen LogP contribution in [0, 0.1) is 29.6 Å². The van der Waals surface area contributed by atoms with Gasteiger partial charge in [-0.3, -0.25) is 0 Å². The second-order valence-corrected chi connectivity index (χ2v) is 7.40. The Kier molecular flexibility index (Phi) is 12.8. The highest BCUT2D eigenvalue weighted by Gasteiger charge is 2.49. The zero-order chi connectivity index (χ0) is 20.6. The molecule has 166 valence electrons. The van der Waals surface area contributed by atoms with E-state index in [1.807, 2.05) is 0 Å². The number of hydrogen-bond donors (Lipinski definition) is 1. The standard InChI is InChI=1S/C22H37NO6/c1-2-10-25-12-14-27-16-17-28-15-13-26-11-9-23-22(24)29-18-21-19-7-5-3-4-6-8-20(19)21/h19-21H,2,5-18H2,1H3,(H,23,24)/t19-,20+,21?. The fourth-order valence-corrected chi connectivity index (χ4v) is 3.64. The van der Waals surface area contributed by atoms with Crippen molar-refractivity contribution in [2.75, 3.05) is 66.0 Å². The van der Waals surface area contributed by atoms with Crippen molar-refractivity contribution in [2.45, 2.75) is 39.0 Å². The summed E-state index contributed by atoms with van der Waals surface area (Å²) in [6, 6.07) is 0. The van der Waals surface area contributed by atoms with Crippen molar-refractivity contribution in [3.8, 4) is 11.8 Å². The van der Waals surface area contributed by atoms with Crippen LogP contribution < -0.4 is 5.32 Å². The van der Waals surface area contributed by atoms with Crippen LogP contribution in [0.4, 0.5) is 4.79 Å². The topological polar surface area (TPSA) is 75.3 Å². The molecule has 2 aliphatic carbocycles. The van der Waals surface area contributed by atoms with Gasteiger partial charge in [0, 0.05) is 26.0 Å². The zero-order valence-electron chi connectivity index (χ0n) is 17.8. The Morgan fingerprint density at radius 2 is 1.34 bits per heavy atom. The minimum absolute atomic E-state index is 0.361. The smallest absolute Gasteiger partial charge is 0.407 e. The van der Waals surface area contributed by atoms with Crippen LogP contribution in [0.1, 0.15) is 39.0 Å². The zero-order valence-corrected chi connectivity index (χ0v) is 17.8. The summed E-state index contributed by atoms with van der Waals surface area (Å²) in [4.78, 5) is 11.8. The Morgan fingerprint density at radius 3 is 1.90 bits per heavy atom. The molecule has 0 aromatic carbocycles. The highest BCUT2D eigenvalue weighted by Crippen LogP contribution is 2.52. The predicted molar refractivity (Wildman–Crippen MR) is 110 cm³/mol. The average Bonchev–Trinajstić information content (AvgIpc) is 3.35. The normalized spacial score (nSPS) is 22.6. The molecule has 0 bridgehead atoms. The van der Waals surface area contributed by atoms with Gasteiger partial charge in [-0.05, 0) is 37.0 Å². The van der Waals surface area contributed by atoms with E-state index in [-0.39, 0.29) is 6.09 Å². The summed E-state index contributed by atoms with van der Waals surface area (Å²) < 4.78 is 26.9. The molecule has 29 heavy (non-hydrogen) atoms. The summed E-state index contributed by atoms with van der Waals surface area (Å²) in [5, 5.41) is 2.73. The van der Waals surface area contributed by atoms with E-state index in [9.17, 15) is 4.79 Å². The molecule has 0 heterocycles. The molecule has 1 saturated carbocycles. The van der Waals surface area contributed by atoms with Gasteiger partial charge < -0.3 is 29.0 Å². The quantitative estimate of drug-likeness (QED) is 0.311. The van der Waals surface area contributed by atoms with Crippen LogP contribution in [-0.2, 0) is 23.7 Å². The Hall–Kier alpha value is -1.33. The summed E-state index contributed by atoms with van der Waals surface area (Å²) in [5.41, 5.74) is 0. The van der Waals surface area contributed by atoms with Crippen LogP contribution in [0.3, 0.4) is 0 Å². The molecular formula is C22H37NO6. The molecule has 1 amide bonds. The van der Waals surface area contributed by atoms with Crippen molar-refractivity contribution in [3.05, 3.63) is 0 Å². The van der Waals surface area contributed by atoms with Crippen molar-refractivity contribution >= 4 is 6.09 Å². The van der Waals surface area contributed by atoms with Gasteiger partial charge in [0.25, 0.3) is 0 Å². The second-order valence-electron chi connectivity index (χ2n) is 7.40. The number of fused-ring (bicyclic) bond motifs is 1. The molecule has 7 nitrogen and oxygen atoms in total. The molecule has 0 aliphatic heterocycles. The van der Waals surface area contributed by atoms with Gasteiger partial charge in [-0.15, -0.1) is 11.8 Å². The molecule has 7 heteroatoms. The third-order valence-electron chi connectivity index (χ3n) is 5.23. The van der Waals surface area contributed by atoms with Gasteiger partial charge in [0.2, 0.25) is 0 Å². The highest BCUT2D eigenvalue weighted by molar-refractivity contribution is 5.67. The largest absolute Gasteiger partial charge is 0.449 e. The minimum atomic E-state index is -0.361. The van der Waals surface area contributed by atoms with Gasteiger partial charge in [-0.2, -0.15) is 0 Å². The van der Waals surface area contributed by atoms with Gasteiger partial charge in [0.05, 0.1) is 52.9 Å². The van der Waals surface area contributed by atoms with Gasteiger partial charge in [0.15, 0.2) is 0 Å². The number of carbonyl (C=O) groups is 1. The number of rotatable bonds is 16. The third kappa shape index (κ3) is 10.9. The maximum Gasteiger partial charge on any atom is 0.407 e. The molecule has 0 spiro atoms. The molecule has 3 atom stereocenters. The van der Waals surface area contributed by atoms with E-state index < -0.39 is 0 Å². The lowest BCUT2D eigenvalue weighted by atomic mass is 10.1. The Balaban J connectivity index is 1.31. The van der Waals surface area contributed by atoms with Crippen LogP contribution in [0.15, 0.2) is 0 Å². The minimum Gasteiger partial charge on any atom is -0.449 e. The molecule has 1 fully saturated rings. The van der Waals surface area contributed by atoms with Gasteiger partial charge in [-0.1, -0.05) is 6.92 Å². The van der Waals surface area contributed by atoms with Crippen LogP contribution in [0.2, 0.25) is 0 Å². The van der Waals surface area contributed by atoms with E-state index in [0.29, 0.717) is 77.2 Å². The van der Waals surface area contributed by atoms with Crippen LogP contribution in [0.25, 0.3) is 0 Å². The molecule has 1 unspecified atom stereocenters. The van der Waals surface area contributed by atoms with E-state index in [1.165, 1.54) is 0 Å². The number of amides is 1. The summed E-state index contributed by atoms with van der Waals surface area (Å²) >= 11 is 0. The average molecular weight is 412 g/mol. The van der Waals surface area contributed by atoms with E-state index in [4.69, 9.17) is 23.7 Å². The molecule has 0 aromatic heterocycles. The number of alkyl carbamates (subject to hydrolysis) is 1. The molecule has 2 rings (SSSR count). The first kappa shape index (κ1) is 23.9. The fourth-order valence-electron chi connectivity index (χ4n) is 3.64. The number of ether oxygens (including phenoxy) is 5. The highest BCUT2D eigenvalue weighted by atomic mass is 16.6. The lowest BCUT2D eigenvalue weighted by Crippen LogP contribution is -2.29. The Morgan fingerprint density at radius 1 is 0.828 bits per heavy atom. The first-order valence-corrected chi connectivity index (χ1v) is 11.0. The maximum absolute atomic E-state index is 11.8. The lowest BCUT2D eigenvalue weighted by Gasteiger charge is -2.08. The number of nitrogens with one attached hydrogen (secondary N) is 1. The van der Waals surface area contributed by atoms with Crippen molar-refractivity contribution in [3.63, 3.8) is 0 Å². The van der Waals surface area contributed by atoms with Crippen LogP contribution in [-0.4, -0.2) is 72.1 Å². The van der Waals surface area contributed by atoms with Crippen LogP contribution in [0.5, 0.6) is 0 Å². The maximum atomic E-state index is 11.8. The van der Waals surface area contributed by atoms with E-state index in [1.54, 1.807) is 0 Å². The van der Waals surface area contributed by atoms with Crippen molar-refractivity contribution < 1.29 is 28.5 Å². The van der Waals surface area contributed by atoms with Crippen molar-refractivity contribution in [1.82, 2.24) is 5.32 Å². The first-order valence-electron chi connectivity index (χ1n) is 11.0. The van der Waals surface area contributed by atoms with E-state index in [0.717, 1.165) is 38.7 Å². The molecular weight excluding hydrogens is 374 g/mol. The second kappa shape index (κ2) is 15.5. The Bertz CT molecular complexity index is 485. The Labute approximate surface area is 175 Å². The number of carbonyl (C=O) groups excluding carboxylic acids is 1. The monoisotopic (exact) mass is 411 g/mol.